The largest absolute Gasteiger partial charge is 0.417 e. The van der Waals surface area contributed by atoms with Gasteiger partial charge in [-0.3, -0.25) is 0 Å². The van der Waals surface area contributed by atoms with Gasteiger partial charge in [0, 0.05) is 4.47 Å². The number of rotatable bonds is 0. The lowest BCUT2D eigenvalue weighted by Crippen LogP contribution is -2.12. The van der Waals surface area contributed by atoms with Gasteiger partial charge in [-0.25, -0.2) is 0 Å². The third-order valence-corrected chi connectivity index (χ3v) is 2.58. The van der Waals surface area contributed by atoms with Crippen LogP contribution in [0.4, 0.5) is 26.3 Å². The average molecular weight is 307 g/mol. The topological polar surface area (TPSA) is 0 Å². The zero-order valence-electron chi connectivity index (χ0n) is 7.80. The molecule has 1 rings (SSSR count). The van der Waals surface area contributed by atoms with Crippen LogP contribution in [0.1, 0.15) is 16.7 Å². The second-order valence-corrected chi connectivity index (χ2v) is 4.00. The van der Waals surface area contributed by atoms with Gasteiger partial charge >= 0.3 is 12.4 Å². The van der Waals surface area contributed by atoms with E-state index in [-0.39, 0.29) is 0 Å². The van der Waals surface area contributed by atoms with Crippen molar-refractivity contribution in [1.29, 1.82) is 0 Å². The van der Waals surface area contributed by atoms with Gasteiger partial charge in [0.2, 0.25) is 0 Å². The Morgan fingerprint density at radius 2 is 1.31 bits per heavy atom. The molecule has 0 atom stereocenters. The molecule has 0 aliphatic heterocycles. The van der Waals surface area contributed by atoms with Gasteiger partial charge in [0.05, 0.1) is 11.1 Å². The van der Waals surface area contributed by atoms with Gasteiger partial charge in [0.1, 0.15) is 0 Å². The monoisotopic (exact) mass is 306 g/mol. The molecule has 0 aromatic heterocycles. The molecule has 0 aliphatic rings. The van der Waals surface area contributed by atoms with Crippen molar-refractivity contribution in [3.05, 3.63) is 33.3 Å². The predicted molar refractivity (Wildman–Crippen MR) is 48.9 cm³/mol. The Labute approximate surface area is 95.4 Å². The highest BCUT2D eigenvalue weighted by Crippen LogP contribution is 2.40. The average Bonchev–Trinajstić information content (AvgIpc) is 2.04. The lowest BCUT2D eigenvalue weighted by atomic mass is 10.0. The second kappa shape index (κ2) is 3.94. The van der Waals surface area contributed by atoms with Crippen molar-refractivity contribution in [3.63, 3.8) is 0 Å². The third kappa shape index (κ3) is 2.69. The molecule has 7 heteroatoms. The van der Waals surface area contributed by atoms with Crippen molar-refractivity contribution in [2.24, 2.45) is 0 Å². The SMILES string of the molecule is Cc1cc(C(F)(F)F)c(Br)cc1C(F)(F)F. The minimum atomic E-state index is -4.67. The fourth-order valence-electron chi connectivity index (χ4n) is 1.20. The van der Waals surface area contributed by atoms with Gasteiger partial charge in [-0.05, 0) is 24.6 Å². The summed E-state index contributed by atoms with van der Waals surface area (Å²) in [5.74, 6) is 0. The van der Waals surface area contributed by atoms with Crippen molar-refractivity contribution in [1.82, 2.24) is 0 Å². The number of alkyl halides is 6. The molecule has 1 aromatic rings. The van der Waals surface area contributed by atoms with Crippen molar-refractivity contribution in [2.75, 3.05) is 0 Å². The first kappa shape index (κ1) is 13.3. The number of hydrogen-bond donors (Lipinski definition) is 0. The van der Waals surface area contributed by atoms with Crippen molar-refractivity contribution < 1.29 is 26.3 Å². The van der Waals surface area contributed by atoms with Gasteiger partial charge in [0.15, 0.2) is 0 Å². The summed E-state index contributed by atoms with van der Waals surface area (Å²) in [5.41, 5.74) is -2.64. The van der Waals surface area contributed by atoms with Gasteiger partial charge in [-0.2, -0.15) is 26.3 Å². The van der Waals surface area contributed by atoms with Crippen LogP contribution in [0.3, 0.4) is 0 Å². The van der Waals surface area contributed by atoms with E-state index in [9.17, 15) is 26.3 Å². The number of hydrogen-bond acceptors (Lipinski definition) is 0. The molecule has 0 aliphatic carbocycles. The summed E-state index contributed by atoms with van der Waals surface area (Å²) >= 11 is 2.49. The molecule has 0 spiro atoms. The Bertz CT molecular complexity index is 364. The minimum absolute atomic E-state index is 0.443. The fraction of sp³-hybridized carbons (Fsp3) is 0.333. The Hall–Kier alpha value is -0.720. The minimum Gasteiger partial charge on any atom is -0.166 e. The number of aryl methyl sites for hydroxylation is 1. The summed E-state index contributed by atoms with van der Waals surface area (Å²) in [6.45, 7) is 0.991. The first-order valence-corrected chi connectivity index (χ1v) is 4.77. The first-order valence-electron chi connectivity index (χ1n) is 3.98. The lowest BCUT2D eigenvalue weighted by Gasteiger charge is -2.15. The van der Waals surface area contributed by atoms with E-state index < -0.39 is 33.5 Å². The molecule has 0 N–H and O–H groups in total. The lowest BCUT2D eigenvalue weighted by molar-refractivity contribution is -0.142. The summed E-state index contributed by atoms with van der Waals surface area (Å²) in [7, 11) is 0. The van der Waals surface area contributed by atoms with E-state index >= 15 is 0 Å². The van der Waals surface area contributed by atoms with Crippen LogP contribution in [-0.2, 0) is 12.4 Å². The summed E-state index contributed by atoms with van der Waals surface area (Å²) in [5, 5.41) is 0. The summed E-state index contributed by atoms with van der Waals surface area (Å²) in [6, 6.07) is 0.922. The van der Waals surface area contributed by atoms with Crippen LogP contribution in [-0.4, -0.2) is 0 Å². The molecule has 0 saturated carbocycles. The zero-order chi connectivity index (χ0) is 12.7. The number of halogens is 7. The van der Waals surface area contributed by atoms with Crippen LogP contribution in [0.15, 0.2) is 16.6 Å². The smallest absolute Gasteiger partial charge is 0.166 e. The highest BCUT2D eigenvalue weighted by atomic mass is 79.9. The summed E-state index contributed by atoms with van der Waals surface area (Å²) in [4.78, 5) is 0. The molecule has 0 bridgehead atoms. The fourth-order valence-corrected chi connectivity index (χ4v) is 1.77. The van der Waals surface area contributed by atoms with Crippen molar-refractivity contribution >= 4 is 15.9 Å². The maximum Gasteiger partial charge on any atom is 0.417 e. The number of benzene rings is 1. The molecule has 0 unspecified atom stereocenters. The molecule has 0 fully saturated rings. The summed E-state index contributed by atoms with van der Waals surface area (Å²) in [6.07, 6.45) is -9.33. The third-order valence-electron chi connectivity index (χ3n) is 1.92. The van der Waals surface area contributed by atoms with E-state index in [1.165, 1.54) is 0 Å². The molecular formula is C9H5BrF6. The zero-order valence-corrected chi connectivity index (χ0v) is 9.39. The van der Waals surface area contributed by atoms with Crippen LogP contribution in [0.2, 0.25) is 0 Å². The maximum absolute atomic E-state index is 12.4. The molecule has 0 amide bonds. The molecule has 0 nitrogen and oxygen atoms in total. The normalized spacial score (nSPS) is 13.0. The van der Waals surface area contributed by atoms with E-state index in [1.54, 1.807) is 0 Å². The highest BCUT2D eigenvalue weighted by Gasteiger charge is 2.38. The Morgan fingerprint density at radius 3 is 1.69 bits per heavy atom. The Kier molecular flexibility index (Phi) is 3.29. The Morgan fingerprint density at radius 1 is 0.875 bits per heavy atom. The van der Waals surface area contributed by atoms with Gasteiger partial charge < -0.3 is 0 Å². The van der Waals surface area contributed by atoms with Crippen molar-refractivity contribution in [2.45, 2.75) is 19.3 Å². The first-order chi connectivity index (χ1) is 7.03. The van der Waals surface area contributed by atoms with E-state index in [0.717, 1.165) is 6.92 Å². The van der Waals surface area contributed by atoms with Crippen LogP contribution in [0, 0.1) is 6.92 Å². The van der Waals surface area contributed by atoms with Gasteiger partial charge in [-0.15, -0.1) is 0 Å². The van der Waals surface area contributed by atoms with E-state index in [2.05, 4.69) is 15.9 Å². The highest BCUT2D eigenvalue weighted by molar-refractivity contribution is 9.10. The second-order valence-electron chi connectivity index (χ2n) is 3.14. The maximum atomic E-state index is 12.4. The predicted octanol–water partition coefficient (Wildman–Crippen LogP) is 4.80. The standard InChI is InChI=1S/C9H5BrF6/c1-4-2-6(9(14,15)16)7(10)3-5(4)8(11,12)13/h2-3H,1H3. The molecule has 90 valence electrons. The molecule has 16 heavy (non-hydrogen) atoms. The van der Waals surface area contributed by atoms with E-state index in [0.29, 0.717) is 12.1 Å². The molecule has 1 aromatic carbocycles. The van der Waals surface area contributed by atoms with Crippen LogP contribution in [0.5, 0.6) is 0 Å². The van der Waals surface area contributed by atoms with Gasteiger partial charge in [-0.1, -0.05) is 15.9 Å². The van der Waals surface area contributed by atoms with E-state index in [1.807, 2.05) is 0 Å². The Balaban J connectivity index is 3.40. The molecule has 0 heterocycles. The van der Waals surface area contributed by atoms with E-state index in [4.69, 9.17) is 0 Å². The molecular weight excluding hydrogens is 302 g/mol. The quantitative estimate of drug-likeness (QED) is 0.604. The van der Waals surface area contributed by atoms with Crippen LogP contribution in [0.25, 0.3) is 0 Å². The summed E-state index contributed by atoms with van der Waals surface area (Å²) < 4.78 is 73.5. The van der Waals surface area contributed by atoms with Crippen LogP contribution >= 0.6 is 15.9 Å². The molecule has 0 saturated heterocycles. The molecule has 0 radical (unpaired) electrons. The van der Waals surface area contributed by atoms with Gasteiger partial charge in [0.25, 0.3) is 0 Å². The van der Waals surface area contributed by atoms with Crippen LogP contribution < -0.4 is 0 Å². The van der Waals surface area contributed by atoms with Crippen molar-refractivity contribution in [3.8, 4) is 0 Å².